The summed E-state index contributed by atoms with van der Waals surface area (Å²) in [6.07, 6.45) is 11.6. The van der Waals surface area contributed by atoms with Crippen LogP contribution in [-0.4, -0.2) is 9.97 Å². The Labute approximate surface area is 170 Å². The van der Waals surface area contributed by atoms with Crippen molar-refractivity contribution in [1.82, 2.24) is 9.97 Å². The van der Waals surface area contributed by atoms with E-state index in [9.17, 15) is 8.78 Å². The summed E-state index contributed by atoms with van der Waals surface area (Å²) in [5.74, 6) is 0.0369. The first-order valence-corrected chi connectivity index (χ1v) is 10.1. The molecule has 1 aromatic heterocycles. The van der Waals surface area contributed by atoms with Crippen molar-refractivity contribution in [2.24, 2.45) is 5.92 Å². The van der Waals surface area contributed by atoms with Crippen LogP contribution in [0.1, 0.15) is 43.6 Å². The number of benzene rings is 2. The van der Waals surface area contributed by atoms with E-state index in [1.54, 1.807) is 12.4 Å². The van der Waals surface area contributed by atoms with Gasteiger partial charge >= 0.3 is 0 Å². The quantitative estimate of drug-likeness (QED) is 0.441. The van der Waals surface area contributed by atoms with Gasteiger partial charge in [-0.25, -0.2) is 18.7 Å². The van der Waals surface area contributed by atoms with Gasteiger partial charge in [-0.15, -0.1) is 6.58 Å². The first kappa shape index (κ1) is 19.4. The summed E-state index contributed by atoms with van der Waals surface area (Å²) in [7, 11) is 0. The monoisotopic (exact) mass is 390 g/mol. The van der Waals surface area contributed by atoms with E-state index >= 15 is 0 Å². The maximum Gasteiger partial charge on any atom is 0.159 e. The number of allylic oxidation sites excluding steroid dienone is 1. The maximum absolute atomic E-state index is 13.4. The van der Waals surface area contributed by atoms with E-state index in [-0.39, 0.29) is 0 Å². The fraction of sp³-hybridized carbons (Fsp3) is 0.280. The van der Waals surface area contributed by atoms with Crippen molar-refractivity contribution in [1.29, 1.82) is 0 Å². The fourth-order valence-corrected chi connectivity index (χ4v) is 4.18. The van der Waals surface area contributed by atoms with Crippen molar-refractivity contribution in [3.63, 3.8) is 0 Å². The van der Waals surface area contributed by atoms with Gasteiger partial charge in [0, 0.05) is 23.5 Å². The van der Waals surface area contributed by atoms with E-state index in [1.807, 2.05) is 6.08 Å². The molecule has 0 atom stereocenters. The average Bonchev–Trinajstić information content (AvgIpc) is 2.77. The molecule has 4 rings (SSSR count). The van der Waals surface area contributed by atoms with Crippen LogP contribution in [0.15, 0.2) is 67.5 Å². The zero-order valence-corrected chi connectivity index (χ0v) is 16.3. The highest BCUT2D eigenvalue weighted by molar-refractivity contribution is 5.64. The van der Waals surface area contributed by atoms with E-state index in [4.69, 9.17) is 0 Å². The predicted octanol–water partition coefficient (Wildman–Crippen LogP) is 6.94. The molecule has 1 aliphatic rings. The number of hydrogen-bond acceptors (Lipinski definition) is 2. The molecule has 1 aliphatic carbocycles. The van der Waals surface area contributed by atoms with Crippen molar-refractivity contribution in [3.05, 3.63) is 84.7 Å². The Morgan fingerprint density at radius 3 is 2.10 bits per heavy atom. The van der Waals surface area contributed by atoms with Crippen LogP contribution in [0.2, 0.25) is 0 Å². The molecule has 4 heteroatoms. The summed E-state index contributed by atoms with van der Waals surface area (Å²) in [5.41, 5.74) is 3.80. The molecule has 0 spiro atoms. The van der Waals surface area contributed by atoms with Gasteiger partial charge < -0.3 is 0 Å². The van der Waals surface area contributed by atoms with Crippen LogP contribution in [0.5, 0.6) is 0 Å². The van der Waals surface area contributed by atoms with Crippen LogP contribution in [-0.2, 0) is 0 Å². The number of nitrogens with zero attached hydrogens (tertiary/aromatic N) is 2. The van der Waals surface area contributed by atoms with Crippen molar-refractivity contribution in [2.75, 3.05) is 0 Å². The standard InChI is InChI=1S/C25H24F2N2/c1-2-3-17-4-6-18(7-5-17)19-8-10-20(11-9-19)22-15-28-25(29-16-22)21-12-13-23(26)24(27)14-21/h2,8-18H,1,3-7H2. The zero-order valence-electron chi connectivity index (χ0n) is 16.3. The largest absolute Gasteiger partial charge is 0.236 e. The SMILES string of the molecule is C=CCC1CCC(c2ccc(-c3cnc(-c4ccc(F)c(F)c4)nc3)cc2)CC1. The van der Waals surface area contributed by atoms with Crippen LogP contribution in [0.25, 0.3) is 22.5 Å². The molecule has 29 heavy (non-hydrogen) atoms. The Balaban J connectivity index is 1.45. The lowest BCUT2D eigenvalue weighted by atomic mass is 9.77. The van der Waals surface area contributed by atoms with Gasteiger partial charge in [-0.1, -0.05) is 30.3 Å². The highest BCUT2D eigenvalue weighted by Gasteiger charge is 2.21. The van der Waals surface area contributed by atoms with E-state index in [0.29, 0.717) is 17.3 Å². The van der Waals surface area contributed by atoms with Crippen LogP contribution in [0, 0.1) is 17.6 Å². The molecule has 0 aliphatic heterocycles. The lowest BCUT2D eigenvalue weighted by Gasteiger charge is -2.28. The Morgan fingerprint density at radius 2 is 1.48 bits per heavy atom. The number of aromatic nitrogens is 2. The Hall–Kier alpha value is -2.88. The minimum absolute atomic E-state index is 0.376. The lowest BCUT2D eigenvalue weighted by molar-refractivity contribution is 0.328. The minimum atomic E-state index is -0.899. The van der Waals surface area contributed by atoms with Crippen molar-refractivity contribution >= 4 is 0 Å². The first-order valence-electron chi connectivity index (χ1n) is 10.1. The van der Waals surface area contributed by atoms with Gasteiger partial charge in [-0.3, -0.25) is 0 Å². The molecule has 1 heterocycles. The third kappa shape index (κ3) is 4.42. The molecule has 0 N–H and O–H groups in total. The molecule has 1 saturated carbocycles. The number of rotatable bonds is 5. The van der Waals surface area contributed by atoms with E-state index < -0.39 is 11.6 Å². The summed E-state index contributed by atoms with van der Waals surface area (Å²) in [6.45, 7) is 3.86. The molecule has 3 aromatic rings. The number of halogens is 2. The van der Waals surface area contributed by atoms with Gasteiger partial charge in [-0.05, 0) is 73.3 Å². The third-order valence-electron chi connectivity index (χ3n) is 5.89. The topological polar surface area (TPSA) is 25.8 Å². The molecule has 0 bridgehead atoms. The molecule has 2 aromatic carbocycles. The molecule has 148 valence electrons. The summed E-state index contributed by atoms with van der Waals surface area (Å²) < 4.78 is 26.5. The van der Waals surface area contributed by atoms with E-state index in [1.165, 1.54) is 37.3 Å². The lowest BCUT2D eigenvalue weighted by Crippen LogP contribution is -2.12. The van der Waals surface area contributed by atoms with Crippen LogP contribution >= 0.6 is 0 Å². The summed E-state index contributed by atoms with van der Waals surface area (Å²) in [5, 5.41) is 0. The zero-order chi connectivity index (χ0) is 20.2. The van der Waals surface area contributed by atoms with Gasteiger partial charge in [0.25, 0.3) is 0 Å². The van der Waals surface area contributed by atoms with Gasteiger partial charge in [0.1, 0.15) is 0 Å². The highest BCUT2D eigenvalue weighted by atomic mass is 19.2. The summed E-state index contributed by atoms with van der Waals surface area (Å²) in [6, 6.07) is 12.3. The van der Waals surface area contributed by atoms with E-state index in [0.717, 1.165) is 35.6 Å². The third-order valence-corrected chi connectivity index (χ3v) is 5.89. The first-order chi connectivity index (χ1) is 14.1. The molecule has 0 amide bonds. The fourth-order valence-electron chi connectivity index (χ4n) is 4.18. The second-order valence-corrected chi connectivity index (χ2v) is 7.79. The van der Waals surface area contributed by atoms with Gasteiger partial charge in [0.05, 0.1) is 0 Å². The van der Waals surface area contributed by atoms with Gasteiger partial charge in [-0.2, -0.15) is 0 Å². The normalized spacial score (nSPS) is 19.1. The Bertz CT molecular complexity index is 973. The Kier molecular flexibility index (Phi) is 5.79. The molecular weight excluding hydrogens is 366 g/mol. The van der Waals surface area contributed by atoms with Crippen LogP contribution in [0.3, 0.4) is 0 Å². The second-order valence-electron chi connectivity index (χ2n) is 7.79. The van der Waals surface area contributed by atoms with Crippen molar-refractivity contribution in [3.8, 4) is 22.5 Å². The molecular formula is C25H24F2N2. The van der Waals surface area contributed by atoms with E-state index in [2.05, 4.69) is 40.8 Å². The number of hydrogen-bond donors (Lipinski definition) is 0. The smallest absolute Gasteiger partial charge is 0.159 e. The van der Waals surface area contributed by atoms with Gasteiger partial charge in [0.15, 0.2) is 17.5 Å². The van der Waals surface area contributed by atoms with Gasteiger partial charge in [0.2, 0.25) is 0 Å². The second kappa shape index (κ2) is 8.64. The summed E-state index contributed by atoms with van der Waals surface area (Å²) >= 11 is 0. The molecule has 0 radical (unpaired) electrons. The van der Waals surface area contributed by atoms with Crippen LogP contribution < -0.4 is 0 Å². The molecule has 0 unspecified atom stereocenters. The maximum atomic E-state index is 13.4. The highest BCUT2D eigenvalue weighted by Crippen LogP contribution is 2.37. The predicted molar refractivity (Wildman–Crippen MR) is 112 cm³/mol. The average molecular weight is 390 g/mol. The molecule has 2 nitrogen and oxygen atoms in total. The Morgan fingerprint density at radius 1 is 0.828 bits per heavy atom. The minimum Gasteiger partial charge on any atom is -0.236 e. The van der Waals surface area contributed by atoms with Crippen molar-refractivity contribution in [2.45, 2.75) is 38.0 Å². The van der Waals surface area contributed by atoms with Crippen LogP contribution in [0.4, 0.5) is 8.78 Å². The molecule has 0 saturated heterocycles. The summed E-state index contributed by atoms with van der Waals surface area (Å²) in [4.78, 5) is 8.65. The molecule has 1 fully saturated rings. The van der Waals surface area contributed by atoms with Crippen molar-refractivity contribution < 1.29 is 8.78 Å².